The van der Waals surface area contributed by atoms with Crippen LogP contribution in [-0.4, -0.2) is 24.8 Å². The molecule has 3 aliphatic rings. The summed E-state index contributed by atoms with van der Waals surface area (Å²) in [6.07, 6.45) is 4.26. The maximum Gasteiger partial charge on any atom is 0.180 e. The Morgan fingerprint density at radius 2 is 1.59 bits per heavy atom. The number of carbonyl (C=O) groups excluding carboxylic acids is 2. The van der Waals surface area contributed by atoms with Gasteiger partial charge in [0.05, 0.1) is 18.2 Å². The van der Waals surface area contributed by atoms with Gasteiger partial charge in [0.15, 0.2) is 23.1 Å². The number of ether oxygens (including phenoxy) is 2. The predicted octanol–water partition coefficient (Wildman–Crippen LogP) is 4.84. The molecule has 4 rings (SSSR count). The van der Waals surface area contributed by atoms with E-state index < -0.39 is 5.92 Å². The molecule has 1 aliphatic heterocycles. The monoisotopic (exact) mass is 415 g/mol. The molecule has 2 aliphatic carbocycles. The first-order valence-corrected chi connectivity index (χ1v) is 10.6. The van der Waals surface area contributed by atoms with Gasteiger partial charge < -0.3 is 14.8 Å². The van der Waals surface area contributed by atoms with Gasteiger partial charge in [0, 0.05) is 41.3 Å². The Morgan fingerprint density at radius 1 is 1.00 bits per heavy atom. The first-order valence-electron chi connectivity index (χ1n) is 10.2. The Hall–Kier alpha value is -2.27. The van der Waals surface area contributed by atoms with Crippen molar-refractivity contribution in [3.8, 4) is 11.5 Å². The number of benzene rings is 1. The number of ketones is 2. The first kappa shape index (κ1) is 20.0. The predicted molar refractivity (Wildman–Crippen MR) is 111 cm³/mol. The van der Waals surface area contributed by atoms with Crippen molar-refractivity contribution in [3.63, 3.8) is 0 Å². The van der Waals surface area contributed by atoms with Crippen LogP contribution in [0.2, 0.25) is 5.02 Å². The number of allylic oxidation sites excluding steroid dienone is 4. The van der Waals surface area contributed by atoms with Crippen molar-refractivity contribution in [3.05, 3.63) is 45.3 Å². The van der Waals surface area contributed by atoms with Crippen LogP contribution in [-0.2, 0) is 9.59 Å². The largest absolute Gasteiger partial charge is 0.493 e. The Balaban J connectivity index is 1.89. The van der Waals surface area contributed by atoms with E-state index in [1.54, 1.807) is 7.11 Å². The summed E-state index contributed by atoms with van der Waals surface area (Å²) in [7, 11) is 1.57. The molecule has 29 heavy (non-hydrogen) atoms. The van der Waals surface area contributed by atoms with Gasteiger partial charge in [-0.15, -0.1) is 0 Å². The molecule has 0 unspecified atom stereocenters. The van der Waals surface area contributed by atoms with Crippen molar-refractivity contribution < 1.29 is 19.1 Å². The molecule has 0 saturated heterocycles. The topological polar surface area (TPSA) is 64.6 Å². The van der Waals surface area contributed by atoms with Crippen molar-refractivity contribution in [2.24, 2.45) is 0 Å². The highest BCUT2D eigenvalue weighted by molar-refractivity contribution is 6.32. The lowest BCUT2D eigenvalue weighted by atomic mass is 9.71. The molecule has 0 saturated carbocycles. The summed E-state index contributed by atoms with van der Waals surface area (Å²) in [5.41, 5.74) is 4.13. The third-order valence-electron chi connectivity index (χ3n) is 5.73. The Kier molecular flexibility index (Phi) is 5.43. The van der Waals surface area contributed by atoms with Crippen molar-refractivity contribution in [2.45, 2.75) is 64.4 Å². The highest BCUT2D eigenvalue weighted by Crippen LogP contribution is 2.48. The fourth-order valence-electron chi connectivity index (χ4n) is 4.57. The molecule has 0 spiro atoms. The number of hydrogen-bond acceptors (Lipinski definition) is 5. The summed E-state index contributed by atoms with van der Waals surface area (Å²) in [6.45, 7) is 3.85. The molecule has 0 aromatic heterocycles. The molecule has 0 amide bonds. The van der Waals surface area contributed by atoms with E-state index in [0.29, 0.717) is 40.5 Å². The molecule has 1 heterocycles. The summed E-state index contributed by atoms with van der Waals surface area (Å²) in [6, 6.07) is 3.68. The molecule has 0 radical (unpaired) electrons. The number of hydrogen-bond donors (Lipinski definition) is 1. The second-order valence-electron chi connectivity index (χ2n) is 8.10. The number of rotatable bonds is 4. The number of nitrogens with one attached hydrogen (secondary N) is 1. The van der Waals surface area contributed by atoms with Crippen LogP contribution in [0.5, 0.6) is 11.5 Å². The number of Topliss-reactive ketones (excluding diaryl/α,β-unsaturated/α-hetero) is 2. The van der Waals surface area contributed by atoms with E-state index in [1.165, 1.54) is 0 Å². The summed E-state index contributed by atoms with van der Waals surface area (Å²) >= 11 is 6.58. The average molecular weight is 416 g/mol. The summed E-state index contributed by atoms with van der Waals surface area (Å²) in [5, 5.41) is 3.85. The molecular formula is C23H26ClNO4. The molecule has 0 bridgehead atoms. The molecule has 5 nitrogen and oxygen atoms in total. The van der Waals surface area contributed by atoms with Gasteiger partial charge in [-0.3, -0.25) is 9.59 Å². The average Bonchev–Trinajstić information content (AvgIpc) is 2.68. The maximum absolute atomic E-state index is 12.9. The molecule has 154 valence electrons. The van der Waals surface area contributed by atoms with Gasteiger partial charge >= 0.3 is 0 Å². The van der Waals surface area contributed by atoms with E-state index >= 15 is 0 Å². The van der Waals surface area contributed by atoms with Gasteiger partial charge in [0.25, 0.3) is 0 Å². The van der Waals surface area contributed by atoms with Crippen LogP contribution in [0, 0.1) is 0 Å². The number of carbonyl (C=O) groups is 2. The van der Waals surface area contributed by atoms with Crippen LogP contribution in [0.4, 0.5) is 0 Å². The smallest absolute Gasteiger partial charge is 0.180 e. The normalized spacial score (nSPS) is 19.9. The fraction of sp³-hybridized carbons (Fsp3) is 0.478. The van der Waals surface area contributed by atoms with Crippen molar-refractivity contribution in [1.82, 2.24) is 5.32 Å². The van der Waals surface area contributed by atoms with E-state index in [2.05, 4.69) is 5.32 Å². The standard InChI is InChI=1S/C23H26ClNO4/c1-12(2)29-23-14(24)10-13(11-19(23)28-3)20-21-15(6-4-8-17(21)26)25-16-7-5-9-18(27)22(16)20/h10-12,20,25H,4-9H2,1-3H3. The number of halogens is 1. The molecule has 1 aromatic carbocycles. The van der Waals surface area contributed by atoms with Crippen LogP contribution in [0.15, 0.2) is 34.7 Å². The minimum Gasteiger partial charge on any atom is -0.493 e. The highest BCUT2D eigenvalue weighted by Gasteiger charge is 2.40. The second-order valence-corrected chi connectivity index (χ2v) is 8.50. The van der Waals surface area contributed by atoms with Gasteiger partial charge in [-0.25, -0.2) is 0 Å². The minimum atomic E-state index is -0.402. The summed E-state index contributed by atoms with van der Waals surface area (Å²) in [5.74, 6) is 0.796. The zero-order valence-corrected chi connectivity index (χ0v) is 17.8. The van der Waals surface area contributed by atoms with Crippen LogP contribution in [0.25, 0.3) is 0 Å². The summed E-state index contributed by atoms with van der Waals surface area (Å²) < 4.78 is 11.4. The van der Waals surface area contributed by atoms with Crippen molar-refractivity contribution in [1.29, 1.82) is 0 Å². The van der Waals surface area contributed by atoms with Crippen LogP contribution >= 0.6 is 11.6 Å². The van der Waals surface area contributed by atoms with E-state index in [4.69, 9.17) is 21.1 Å². The van der Waals surface area contributed by atoms with E-state index in [9.17, 15) is 9.59 Å². The molecular weight excluding hydrogens is 390 g/mol. The molecule has 1 aromatic rings. The van der Waals surface area contributed by atoms with Gasteiger partial charge in [0.1, 0.15) is 0 Å². The Morgan fingerprint density at radius 3 is 2.10 bits per heavy atom. The SMILES string of the molecule is COc1cc(C2C3=C(CCCC3=O)NC3=C2C(=O)CCC3)cc(Cl)c1OC(C)C. The third kappa shape index (κ3) is 3.57. The Labute approximate surface area is 176 Å². The molecule has 0 fully saturated rings. The van der Waals surface area contributed by atoms with Gasteiger partial charge in [-0.2, -0.15) is 0 Å². The zero-order chi connectivity index (χ0) is 20.7. The van der Waals surface area contributed by atoms with Gasteiger partial charge in [-0.1, -0.05) is 11.6 Å². The van der Waals surface area contributed by atoms with Crippen LogP contribution in [0.3, 0.4) is 0 Å². The summed E-state index contributed by atoms with van der Waals surface area (Å²) in [4.78, 5) is 25.8. The van der Waals surface area contributed by atoms with Crippen LogP contribution < -0.4 is 14.8 Å². The maximum atomic E-state index is 12.9. The second kappa shape index (κ2) is 7.86. The van der Waals surface area contributed by atoms with Gasteiger partial charge in [-0.05, 0) is 57.2 Å². The lowest BCUT2D eigenvalue weighted by Gasteiger charge is -2.37. The zero-order valence-electron chi connectivity index (χ0n) is 17.1. The van der Waals surface area contributed by atoms with E-state index in [0.717, 1.165) is 42.6 Å². The minimum absolute atomic E-state index is 0.0606. The van der Waals surface area contributed by atoms with Crippen LogP contribution in [0.1, 0.15) is 63.9 Å². The fourth-order valence-corrected chi connectivity index (χ4v) is 4.84. The van der Waals surface area contributed by atoms with Gasteiger partial charge in [0.2, 0.25) is 0 Å². The molecule has 6 heteroatoms. The first-order chi connectivity index (χ1) is 13.9. The molecule has 1 N–H and O–H groups in total. The van der Waals surface area contributed by atoms with Crippen molar-refractivity contribution >= 4 is 23.2 Å². The third-order valence-corrected chi connectivity index (χ3v) is 6.01. The van der Waals surface area contributed by atoms with E-state index in [-0.39, 0.29) is 17.7 Å². The van der Waals surface area contributed by atoms with Crippen molar-refractivity contribution in [2.75, 3.05) is 7.11 Å². The molecule has 0 atom stereocenters. The quantitative estimate of drug-likeness (QED) is 0.762. The number of dihydropyridines is 1. The lowest BCUT2D eigenvalue weighted by Crippen LogP contribution is -2.36. The Bertz CT molecular complexity index is 902. The number of methoxy groups -OCH3 is 1. The van der Waals surface area contributed by atoms with E-state index in [1.807, 2.05) is 26.0 Å². The highest BCUT2D eigenvalue weighted by atomic mass is 35.5. The lowest BCUT2D eigenvalue weighted by molar-refractivity contribution is -0.116.